The fraction of sp³-hybridized carbons (Fsp3) is 0.212. The molecule has 0 radical (unpaired) electrons. The van der Waals surface area contributed by atoms with Gasteiger partial charge in [-0.05, 0) is 59.2 Å². The molecule has 1 amide bonds. The monoisotopic (exact) mass is 648 g/mol. The molecule has 45 heavy (non-hydrogen) atoms. The first-order valence-corrected chi connectivity index (χ1v) is 15.9. The predicted molar refractivity (Wildman–Crippen MR) is 173 cm³/mol. The van der Waals surface area contributed by atoms with Gasteiger partial charge < -0.3 is 19.9 Å². The van der Waals surface area contributed by atoms with Gasteiger partial charge in [0.2, 0.25) is 15.9 Å². The molecule has 0 atom stereocenters. The van der Waals surface area contributed by atoms with Gasteiger partial charge in [-0.2, -0.15) is 9.40 Å². The highest BCUT2D eigenvalue weighted by Gasteiger charge is 2.30. The van der Waals surface area contributed by atoms with Crippen molar-refractivity contribution in [2.45, 2.75) is 31.0 Å². The van der Waals surface area contributed by atoms with Crippen molar-refractivity contribution in [3.8, 4) is 11.5 Å². The molecule has 0 saturated carbocycles. The molecule has 10 nitrogen and oxygen atoms in total. The van der Waals surface area contributed by atoms with Crippen molar-refractivity contribution in [1.82, 2.24) is 14.1 Å². The fourth-order valence-electron chi connectivity index (χ4n) is 4.98. The van der Waals surface area contributed by atoms with Crippen LogP contribution in [0.25, 0.3) is 10.9 Å². The molecular formula is C33H33ClN4O6S. The maximum absolute atomic E-state index is 14.7. The Morgan fingerprint density at radius 2 is 1.53 bits per heavy atom. The molecule has 5 aromatic rings. The minimum absolute atomic E-state index is 0.00460. The maximum atomic E-state index is 14.7. The lowest BCUT2D eigenvalue weighted by molar-refractivity contribution is -0.115. The van der Waals surface area contributed by atoms with Gasteiger partial charge in [0.15, 0.2) is 0 Å². The third-order valence-corrected chi connectivity index (χ3v) is 9.43. The van der Waals surface area contributed by atoms with E-state index in [1.807, 2.05) is 24.3 Å². The normalized spacial score (nSPS) is 11.6. The Morgan fingerprint density at radius 1 is 0.933 bits per heavy atom. The maximum Gasteiger partial charge on any atom is 0.245 e. The molecule has 0 aliphatic rings. The zero-order chi connectivity index (χ0) is 32.0. The smallest absolute Gasteiger partial charge is 0.245 e. The van der Waals surface area contributed by atoms with E-state index in [0.717, 1.165) is 11.1 Å². The quantitative estimate of drug-likeness (QED) is 0.178. The number of sulfonamides is 1. The van der Waals surface area contributed by atoms with Gasteiger partial charge in [-0.3, -0.25) is 9.48 Å². The van der Waals surface area contributed by atoms with Crippen LogP contribution in [0.15, 0.2) is 96.0 Å². The molecule has 0 aliphatic carbocycles. The number of carbonyl (C=O) groups is 1. The number of methoxy groups -OCH3 is 2. The lowest BCUT2D eigenvalue weighted by atomic mass is 10.1. The number of fused-ring (bicyclic) bond motifs is 1. The molecule has 0 bridgehead atoms. The Kier molecular flexibility index (Phi) is 10.0. The number of amides is 1. The van der Waals surface area contributed by atoms with Crippen LogP contribution < -0.4 is 14.8 Å². The zero-order valence-electron chi connectivity index (χ0n) is 24.8. The Balaban J connectivity index is 1.57. The standard InChI is InChI=1S/C33H33ClN4O6S/c1-43-28-11-7-23(8-12-28)21-37(22-24-9-13-29(44-2)14-10-24)45(41,42)31-19-27(17-26-20-35-38(15-16-39)33(26)31)36-32(40)18-25-5-3-4-6-30(25)34/h3-14,17,19-20,39H,15-16,18,21-22H2,1-2H3,(H,36,40). The first kappa shape index (κ1) is 32.0. The molecule has 2 N–H and O–H groups in total. The summed E-state index contributed by atoms with van der Waals surface area (Å²) >= 11 is 6.26. The summed E-state index contributed by atoms with van der Waals surface area (Å²) < 4.78 is 42.7. The number of hydrogen-bond acceptors (Lipinski definition) is 7. The van der Waals surface area contributed by atoms with Crippen LogP contribution in [-0.2, 0) is 40.9 Å². The number of rotatable bonds is 13. The van der Waals surface area contributed by atoms with Crippen molar-refractivity contribution in [2.75, 3.05) is 26.1 Å². The second kappa shape index (κ2) is 14.1. The van der Waals surface area contributed by atoms with Crippen molar-refractivity contribution < 1.29 is 27.8 Å². The highest BCUT2D eigenvalue weighted by molar-refractivity contribution is 7.89. The number of ether oxygens (including phenoxy) is 2. The SMILES string of the molecule is COc1ccc(CN(Cc2ccc(OC)cc2)S(=O)(=O)c2cc(NC(=O)Cc3ccccc3Cl)cc3cnn(CCO)c23)cc1. The van der Waals surface area contributed by atoms with E-state index in [4.69, 9.17) is 21.1 Å². The van der Waals surface area contributed by atoms with E-state index in [1.54, 1.807) is 68.8 Å². The number of anilines is 1. The predicted octanol–water partition coefficient (Wildman–Crippen LogP) is 5.27. The van der Waals surface area contributed by atoms with Gasteiger partial charge >= 0.3 is 0 Å². The van der Waals surface area contributed by atoms with Gasteiger partial charge in [0.25, 0.3) is 0 Å². The number of benzene rings is 4. The van der Waals surface area contributed by atoms with Crippen LogP contribution in [0.4, 0.5) is 5.69 Å². The summed E-state index contributed by atoms with van der Waals surface area (Å²) in [6, 6.07) is 24.5. The minimum atomic E-state index is -4.23. The zero-order valence-corrected chi connectivity index (χ0v) is 26.4. The van der Waals surface area contributed by atoms with Crippen molar-refractivity contribution in [3.05, 3.63) is 113 Å². The molecule has 0 fully saturated rings. The lowest BCUT2D eigenvalue weighted by Gasteiger charge is -2.24. The number of aliphatic hydroxyl groups excluding tert-OH is 1. The van der Waals surface area contributed by atoms with Gasteiger partial charge in [-0.15, -0.1) is 0 Å². The second-order valence-electron chi connectivity index (χ2n) is 10.3. The summed E-state index contributed by atoms with van der Waals surface area (Å²) in [7, 11) is -1.10. The summed E-state index contributed by atoms with van der Waals surface area (Å²) in [5.41, 5.74) is 2.75. The van der Waals surface area contributed by atoms with Crippen LogP contribution in [0.5, 0.6) is 11.5 Å². The number of nitrogens with one attached hydrogen (secondary N) is 1. The minimum Gasteiger partial charge on any atom is -0.497 e. The Labute approximate surface area is 266 Å². The Hall–Kier alpha value is -4.42. The van der Waals surface area contributed by atoms with E-state index in [-0.39, 0.29) is 49.2 Å². The number of aromatic nitrogens is 2. The average molecular weight is 649 g/mol. The van der Waals surface area contributed by atoms with Crippen molar-refractivity contribution in [3.63, 3.8) is 0 Å². The van der Waals surface area contributed by atoms with Crippen LogP contribution >= 0.6 is 11.6 Å². The van der Waals surface area contributed by atoms with Crippen molar-refractivity contribution >= 4 is 44.1 Å². The Bertz CT molecular complexity index is 1840. The fourth-order valence-corrected chi connectivity index (χ4v) is 6.84. The summed E-state index contributed by atoms with van der Waals surface area (Å²) in [6.07, 6.45) is 1.52. The van der Waals surface area contributed by atoms with E-state index in [0.29, 0.717) is 33.0 Å². The summed E-state index contributed by atoms with van der Waals surface area (Å²) in [5, 5.41) is 17.8. The van der Waals surface area contributed by atoms with Crippen molar-refractivity contribution in [1.29, 1.82) is 0 Å². The van der Waals surface area contributed by atoms with Crippen LogP contribution in [0.3, 0.4) is 0 Å². The van der Waals surface area contributed by atoms with E-state index < -0.39 is 10.0 Å². The summed E-state index contributed by atoms with van der Waals surface area (Å²) in [5.74, 6) is 0.943. The number of carbonyl (C=O) groups excluding carboxylic acids is 1. The molecule has 234 valence electrons. The number of nitrogens with zero attached hydrogens (tertiary/aromatic N) is 3. The Morgan fingerprint density at radius 3 is 2.09 bits per heavy atom. The van der Waals surface area contributed by atoms with Crippen LogP contribution in [0, 0.1) is 0 Å². The largest absolute Gasteiger partial charge is 0.497 e. The lowest BCUT2D eigenvalue weighted by Crippen LogP contribution is -2.31. The highest BCUT2D eigenvalue weighted by Crippen LogP contribution is 2.32. The molecule has 4 aromatic carbocycles. The van der Waals surface area contributed by atoms with E-state index in [1.165, 1.54) is 21.3 Å². The average Bonchev–Trinajstić information content (AvgIpc) is 3.44. The number of aliphatic hydroxyl groups is 1. The van der Waals surface area contributed by atoms with Crippen molar-refractivity contribution in [2.24, 2.45) is 0 Å². The second-order valence-corrected chi connectivity index (χ2v) is 12.6. The summed E-state index contributed by atoms with van der Waals surface area (Å²) in [6.45, 7) is -0.0522. The van der Waals surface area contributed by atoms with Gasteiger partial charge in [-0.25, -0.2) is 8.42 Å². The molecule has 1 heterocycles. The molecule has 1 aromatic heterocycles. The van der Waals surface area contributed by atoms with E-state index in [9.17, 15) is 18.3 Å². The van der Waals surface area contributed by atoms with Crippen LogP contribution in [0.2, 0.25) is 5.02 Å². The third-order valence-electron chi connectivity index (χ3n) is 7.26. The molecule has 12 heteroatoms. The number of halogens is 1. The topological polar surface area (TPSA) is 123 Å². The van der Waals surface area contributed by atoms with Gasteiger partial charge in [0.1, 0.15) is 16.4 Å². The van der Waals surface area contributed by atoms with Crippen LogP contribution in [-0.4, -0.2) is 54.3 Å². The van der Waals surface area contributed by atoms with E-state index in [2.05, 4.69) is 10.4 Å². The van der Waals surface area contributed by atoms with E-state index >= 15 is 0 Å². The molecule has 0 spiro atoms. The molecule has 5 rings (SSSR count). The van der Waals surface area contributed by atoms with Gasteiger partial charge in [-0.1, -0.05) is 54.1 Å². The highest BCUT2D eigenvalue weighted by atomic mass is 35.5. The van der Waals surface area contributed by atoms with Gasteiger partial charge in [0, 0.05) is 29.2 Å². The molecule has 0 saturated heterocycles. The first-order chi connectivity index (χ1) is 21.7. The molecule has 0 unspecified atom stereocenters. The molecular weight excluding hydrogens is 616 g/mol. The first-order valence-electron chi connectivity index (χ1n) is 14.1. The third kappa shape index (κ3) is 7.46. The van der Waals surface area contributed by atoms with Crippen LogP contribution in [0.1, 0.15) is 16.7 Å². The molecule has 0 aliphatic heterocycles. The summed E-state index contributed by atoms with van der Waals surface area (Å²) in [4.78, 5) is 13.0. The van der Waals surface area contributed by atoms with Gasteiger partial charge in [0.05, 0.1) is 45.5 Å². The number of hydrogen-bond donors (Lipinski definition) is 2.